The maximum Gasteiger partial charge on any atom is 0.135 e. The molecular formula is C9H11NOS. The summed E-state index contributed by atoms with van der Waals surface area (Å²) in [5, 5.41) is 0. The van der Waals surface area contributed by atoms with E-state index in [1.165, 1.54) is 23.4 Å². The molecule has 0 saturated heterocycles. The van der Waals surface area contributed by atoms with E-state index in [1.54, 1.807) is 18.3 Å². The lowest BCUT2D eigenvalue weighted by atomic mass is 10.2. The molecule has 0 N–H and O–H groups in total. The van der Waals surface area contributed by atoms with Crippen molar-refractivity contribution in [1.29, 1.82) is 0 Å². The number of nitrogens with zero attached hydrogens (tertiary/aromatic N) is 1. The molecule has 64 valence electrons. The van der Waals surface area contributed by atoms with Gasteiger partial charge in [-0.15, -0.1) is 11.3 Å². The number of Topliss-reactive ketones (excluding diaryl/α,β-unsaturated/α-hetero) is 1. The highest BCUT2D eigenvalue weighted by molar-refractivity contribution is 7.09. The zero-order valence-electron chi connectivity index (χ0n) is 7.04. The van der Waals surface area contributed by atoms with E-state index >= 15 is 0 Å². The maximum atomic E-state index is 10.9. The van der Waals surface area contributed by atoms with Crippen molar-refractivity contribution in [2.75, 3.05) is 0 Å². The second-order valence-corrected chi connectivity index (χ2v) is 4.25. The smallest absolute Gasteiger partial charge is 0.135 e. The van der Waals surface area contributed by atoms with Gasteiger partial charge in [0, 0.05) is 17.2 Å². The molecule has 2 rings (SSSR count). The zero-order valence-corrected chi connectivity index (χ0v) is 7.86. The average molecular weight is 181 g/mol. The summed E-state index contributed by atoms with van der Waals surface area (Å²) in [6.07, 6.45) is 3.10. The van der Waals surface area contributed by atoms with Gasteiger partial charge in [-0.1, -0.05) is 0 Å². The number of aromatic nitrogens is 1. The minimum atomic E-state index is 0.237. The van der Waals surface area contributed by atoms with Gasteiger partial charge in [0.2, 0.25) is 0 Å². The van der Waals surface area contributed by atoms with Crippen LogP contribution in [0.1, 0.15) is 36.3 Å². The molecule has 1 saturated carbocycles. The standard InChI is InChI=1S/C9H11NOS/c1-6(11)4-8-9(7-2-3-7)10-5-12-8/h5,7H,2-4H2,1H3. The Morgan fingerprint density at radius 3 is 3.08 bits per heavy atom. The van der Waals surface area contributed by atoms with Gasteiger partial charge in [0.25, 0.3) is 0 Å². The van der Waals surface area contributed by atoms with Crippen LogP contribution in [0.2, 0.25) is 0 Å². The molecule has 1 aromatic rings. The lowest BCUT2D eigenvalue weighted by molar-refractivity contribution is -0.116. The Labute approximate surface area is 75.6 Å². The molecule has 0 radical (unpaired) electrons. The fourth-order valence-corrected chi connectivity index (χ4v) is 2.25. The summed E-state index contributed by atoms with van der Waals surface area (Å²) in [4.78, 5) is 16.4. The van der Waals surface area contributed by atoms with Crippen molar-refractivity contribution in [2.24, 2.45) is 0 Å². The van der Waals surface area contributed by atoms with Crippen LogP contribution in [-0.4, -0.2) is 10.8 Å². The van der Waals surface area contributed by atoms with Gasteiger partial charge >= 0.3 is 0 Å². The average Bonchev–Trinajstić information content (AvgIpc) is 2.73. The monoisotopic (exact) mass is 181 g/mol. The summed E-state index contributed by atoms with van der Waals surface area (Å²) in [6.45, 7) is 1.64. The third-order valence-electron chi connectivity index (χ3n) is 2.05. The molecule has 3 heteroatoms. The van der Waals surface area contributed by atoms with E-state index in [-0.39, 0.29) is 5.78 Å². The molecule has 1 heterocycles. The molecule has 2 nitrogen and oxygen atoms in total. The molecule has 0 aromatic carbocycles. The van der Waals surface area contributed by atoms with Gasteiger partial charge in [-0.2, -0.15) is 0 Å². The zero-order chi connectivity index (χ0) is 8.55. The highest BCUT2D eigenvalue weighted by Gasteiger charge is 2.28. The Morgan fingerprint density at radius 1 is 1.75 bits per heavy atom. The van der Waals surface area contributed by atoms with Crippen LogP contribution in [0.5, 0.6) is 0 Å². The Hall–Kier alpha value is -0.700. The van der Waals surface area contributed by atoms with Crippen molar-refractivity contribution < 1.29 is 4.79 Å². The minimum Gasteiger partial charge on any atom is -0.300 e. The highest BCUT2D eigenvalue weighted by atomic mass is 32.1. The third-order valence-corrected chi connectivity index (χ3v) is 2.89. The van der Waals surface area contributed by atoms with Gasteiger partial charge in [-0.05, 0) is 19.8 Å². The van der Waals surface area contributed by atoms with Crippen LogP contribution in [0.15, 0.2) is 5.51 Å². The highest BCUT2D eigenvalue weighted by Crippen LogP contribution is 2.41. The SMILES string of the molecule is CC(=O)Cc1scnc1C1CC1. The molecule has 1 aliphatic carbocycles. The van der Waals surface area contributed by atoms with Crippen molar-refractivity contribution in [2.45, 2.75) is 32.1 Å². The van der Waals surface area contributed by atoms with Crippen LogP contribution < -0.4 is 0 Å². The van der Waals surface area contributed by atoms with Crippen LogP contribution in [-0.2, 0) is 11.2 Å². The van der Waals surface area contributed by atoms with Crippen LogP contribution >= 0.6 is 11.3 Å². The number of rotatable bonds is 3. The largest absolute Gasteiger partial charge is 0.300 e. The topological polar surface area (TPSA) is 30.0 Å². The van der Waals surface area contributed by atoms with E-state index in [9.17, 15) is 4.79 Å². The molecular weight excluding hydrogens is 170 g/mol. The first kappa shape index (κ1) is 7.92. The third kappa shape index (κ3) is 1.55. The summed E-state index contributed by atoms with van der Waals surface area (Å²) in [6, 6.07) is 0. The van der Waals surface area contributed by atoms with Crippen LogP contribution in [0.4, 0.5) is 0 Å². The first-order valence-corrected chi connectivity index (χ1v) is 5.07. The van der Waals surface area contributed by atoms with Gasteiger partial charge in [-0.25, -0.2) is 4.98 Å². The van der Waals surface area contributed by atoms with Crippen molar-refractivity contribution in [1.82, 2.24) is 4.98 Å². The van der Waals surface area contributed by atoms with E-state index in [2.05, 4.69) is 4.98 Å². The molecule has 12 heavy (non-hydrogen) atoms. The van der Waals surface area contributed by atoms with Gasteiger partial charge < -0.3 is 0 Å². The van der Waals surface area contributed by atoms with E-state index in [1.807, 2.05) is 5.51 Å². The molecule has 1 aliphatic rings. The van der Waals surface area contributed by atoms with E-state index < -0.39 is 0 Å². The van der Waals surface area contributed by atoms with E-state index in [0.29, 0.717) is 12.3 Å². The maximum absolute atomic E-state index is 10.9. The summed E-state index contributed by atoms with van der Waals surface area (Å²) in [5.74, 6) is 0.909. The summed E-state index contributed by atoms with van der Waals surface area (Å²) in [5.41, 5.74) is 3.04. The van der Waals surface area contributed by atoms with Crippen LogP contribution in [0, 0.1) is 0 Å². The molecule has 1 fully saturated rings. The number of hydrogen-bond donors (Lipinski definition) is 0. The predicted octanol–water partition coefficient (Wildman–Crippen LogP) is 2.15. The molecule has 0 spiro atoms. The molecule has 0 atom stereocenters. The van der Waals surface area contributed by atoms with Crippen molar-refractivity contribution in [3.05, 3.63) is 16.1 Å². The van der Waals surface area contributed by atoms with Crippen molar-refractivity contribution >= 4 is 17.1 Å². The van der Waals surface area contributed by atoms with Gasteiger partial charge in [0.05, 0.1) is 11.2 Å². The molecule has 0 unspecified atom stereocenters. The Kier molecular flexibility index (Phi) is 1.97. The van der Waals surface area contributed by atoms with Gasteiger partial charge in [0.15, 0.2) is 0 Å². The lowest BCUT2D eigenvalue weighted by Gasteiger charge is -1.95. The lowest BCUT2D eigenvalue weighted by Crippen LogP contribution is -1.97. The number of hydrogen-bond acceptors (Lipinski definition) is 3. The number of ketones is 1. The fraction of sp³-hybridized carbons (Fsp3) is 0.556. The number of carbonyl (C=O) groups is 1. The first-order valence-electron chi connectivity index (χ1n) is 4.19. The van der Waals surface area contributed by atoms with Crippen molar-refractivity contribution in [3.8, 4) is 0 Å². The number of carbonyl (C=O) groups excluding carboxylic acids is 1. The quantitative estimate of drug-likeness (QED) is 0.715. The normalized spacial score (nSPS) is 16.4. The summed E-state index contributed by atoms with van der Waals surface area (Å²) >= 11 is 1.61. The van der Waals surface area contributed by atoms with Gasteiger partial charge in [-0.3, -0.25) is 4.79 Å². The summed E-state index contributed by atoms with van der Waals surface area (Å²) < 4.78 is 0. The Morgan fingerprint density at radius 2 is 2.50 bits per heavy atom. The second-order valence-electron chi connectivity index (χ2n) is 3.31. The van der Waals surface area contributed by atoms with Crippen LogP contribution in [0.3, 0.4) is 0 Å². The fourth-order valence-electron chi connectivity index (χ4n) is 1.33. The number of thiazole rings is 1. The Balaban J connectivity index is 2.18. The van der Waals surface area contributed by atoms with E-state index in [0.717, 1.165) is 0 Å². The minimum absolute atomic E-state index is 0.237. The predicted molar refractivity (Wildman–Crippen MR) is 48.5 cm³/mol. The summed E-state index contributed by atoms with van der Waals surface area (Å²) in [7, 11) is 0. The molecule has 0 aliphatic heterocycles. The molecule has 1 aromatic heterocycles. The van der Waals surface area contributed by atoms with E-state index in [4.69, 9.17) is 0 Å². The first-order chi connectivity index (χ1) is 5.77. The van der Waals surface area contributed by atoms with Crippen molar-refractivity contribution in [3.63, 3.8) is 0 Å². The van der Waals surface area contributed by atoms with Gasteiger partial charge in [0.1, 0.15) is 5.78 Å². The Bertz CT molecular complexity index is 301. The molecule has 0 amide bonds. The van der Waals surface area contributed by atoms with Crippen LogP contribution in [0.25, 0.3) is 0 Å². The molecule has 0 bridgehead atoms. The second kappa shape index (κ2) is 2.98.